The molecule has 3 heteroatoms. The molecular formula is C20H38Cl2Zr. The van der Waals surface area contributed by atoms with Gasteiger partial charge in [0.25, 0.3) is 0 Å². The Morgan fingerprint density at radius 2 is 0.609 bits per heavy atom. The van der Waals surface area contributed by atoms with Crippen molar-refractivity contribution < 1.29 is 11.4 Å². The van der Waals surface area contributed by atoms with Gasteiger partial charge in [-0.1, -0.05) is 10.0 Å². The fraction of sp³-hybridized carbons (Fsp3) is 0.500. The van der Waals surface area contributed by atoms with Crippen LogP contribution >= 0.6 is 23.2 Å². The van der Waals surface area contributed by atoms with Crippen LogP contribution in [0.1, 0.15) is 0 Å². The zero-order valence-corrected chi connectivity index (χ0v) is 20.8. The summed E-state index contributed by atoms with van der Waals surface area (Å²) >= 11 is 6.48. The van der Waals surface area contributed by atoms with Gasteiger partial charge in [-0.05, 0) is 0 Å². The molecule has 0 bridgehead atoms. The van der Waals surface area contributed by atoms with E-state index in [0.717, 1.165) is 10.0 Å². The minimum absolute atomic E-state index is 0.815. The van der Waals surface area contributed by atoms with Crippen molar-refractivity contribution in [3.05, 3.63) is 58.6 Å². The molecule has 0 spiro atoms. The normalized spacial score (nSPS) is 23.3. The molecule has 136 valence electrons. The summed E-state index contributed by atoms with van der Waals surface area (Å²) in [7, 11) is 0. The molecule has 0 aliphatic heterocycles. The standard InChI is InChI=1S/2C5H4Cl.10CH3.Zr/c2*6-5-3-1-2-4-5;;;;;;;;;;;/h2*1-4H;10*1H3;/q2*-1;;;;;;;;;;;+2. The fourth-order valence-electron chi connectivity index (χ4n) is 0.701. The molecule has 0 nitrogen and oxygen atoms in total. The molecular weight excluding hydrogens is 402 g/mol. The first-order valence-corrected chi connectivity index (χ1v) is 33.9. The molecule has 0 fully saturated rings. The van der Waals surface area contributed by atoms with E-state index < -0.39 is 11.4 Å². The maximum absolute atomic E-state index is 5.46. The summed E-state index contributed by atoms with van der Waals surface area (Å²) in [6.07, 6.45) is 0. The second kappa shape index (κ2) is 2.84. The van der Waals surface area contributed by atoms with Crippen LogP contribution in [-0.2, 0) is 11.4 Å². The van der Waals surface area contributed by atoms with Gasteiger partial charge in [-0.2, -0.15) is 47.5 Å². The number of hydrogen-bond acceptors (Lipinski definition) is 0. The van der Waals surface area contributed by atoms with Crippen LogP contribution in [0.3, 0.4) is 0 Å². The SMILES string of the molecule is Cl[c-]1cccc1.Cl[c-]1cccc1.[CH3][Zr+2]([CH3])([CH3])([CH3])([CH3])([CH3])([CH3])([CH3])([CH3])[CH3]. The summed E-state index contributed by atoms with van der Waals surface area (Å²) in [4.78, 5) is 0. The number of hydrogen-bond donors (Lipinski definition) is 0. The Hall–Kier alpha value is 0.163. The summed E-state index contributed by atoms with van der Waals surface area (Å²) in [6, 6.07) is 15.0. The molecule has 0 unspecified atom stereocenters. The van der Waals surface area contributed by atoms with Crippen molar-refractivity contribution in [2.24, 2.45) is 0 Å². The monoisotopic (exact) mass is 438 g/mol. The van der Waals surface area contributed by atoms with Gasteiger partial charge in [0.2, 0.25) is 0 Å². The molecule has 0 heterocycles. The van der Waals surface area contributed by atoms with Gasteiger partial charge < -0.3 is 0 Å². The van der Waals surface area contributed by atoms with E-state index in [9.17, 15) is 0 Å². The third-order valence-corrected chi connectivity index (χ3v) is 1.75. The Balaban J connectivity index is 0.000000339. The topological polar surface area (TPSA) is 0 Å². The molecule has 0 N–H and O–H groups in total. The second-order valence-corrected chi connectivity index (χ2v) is 136. The molecule has 0 radical (unpaired) electrons. The molecule has 0 aromatic heterocycles. The second-order valence-electron chi connectivity index (χ2n) is 24.7. The van der Waals surface area contributed by atoms with Crippen LogP contribution in [0, 0.1) is 0 Å². The van der Waals surface area contributed by atoms with Gasteiger partial charge in [0, 0.05) is 0 Å². The quantitative estimate of drug-likeness (QED) is 0.357. The van der Waals surface area contributed by atoms with E-state index in [1.165, 1.54) is 0 Å². The Bertz CT molecular complexity index is 654. The van der Waals surface area contributed by atoms with Crippen molar-refractivity contribution in [3.63, 3.8) is 0 Å². The molecule has 0 aliphatic carbocycles. The molecule has 23 heavy (non-hydrogen) atoms. The van der Waals surface area contributed by atoms with Crippen molar-refractivity contribution >= 4 is 23.2 Å². The summed E-state index contributed by atoms with van der Waals surface area (Å²) in [5, 5.41) is 1.63. The van der Waals surface area contributed by atoms with Gasteiger partial charge >= 0.3 is 57.7 Å². The van der Waals surface area contributed by atoms with E-state index in [1.54, 1.807) is 0 Å². The summed E-state index contributed by atoms with van der Waals surface area (Å²) < 4.78 is 24.6. The van der Waals surface area contributed by atoms with Gasteiger partial charge in [-0.3, -0.25) is 0 Å². The van der Waals surface area contributed by atoms with Gasteiger partial charge in [0.15, 0.2) is 0 Å². The zero-order chi connectivity index (χ0) is 19.1. The fourth-order valence-corrected chi connectivity index (χ4v) is 0.992. The number of halogens is 2. The summed E-state index contributed by atoms with van der Waals surface area (Å²) in [5.41, 5.74) is 0. The zero-order valence-electron chi connectivity index (χ0n) is 16.9. The van der Waals surface area contributed by atoms with Crippen LogP contribution in [0.5, 0.6) is 0 Å². The molecule has 0 atom stereocenters. The first kappa shape index (κ1) is 23.2. The van der Waals surface area contributed by atoms with Crippen molar-refractivity contribution in [1.82, 2.24) is 0 Å². The summed E-state index contributed by atoms with van der Waals surface area (Å²) in [6.45, 7) is 0. The Morgan fingerprint density at radius 1 is 0.478 bits per heavy atom. The van der Waals surface area contributed by atoms with Gasteiger partial charge in [0.05, 0.1) is 0 Å². The van der Waals surface area contributed by atoms with Crippen molar-refractivity contribution in [1.29, 1.82) is 0 Å². The average Bonchev–Trinajstić information content (AvgIpc) is 2.70. The van der Waals surface area contributed by atoms with Crippen molar-refractivity contribution in [2.75, 3.05) is 0 Å². The van der Waals surface area contributed by atoms with Crippen LogP contribution in [0.4, 0.5) is 0 Å². The third kappa shape index (κ3) is 44.9. The Labute approximate surface area is 138 Å². The first-order valence-electron chi connectivity index (χ1n) is 8.53. The molecule has 0 amide bonds. The molecule has 0 saturated heterocycles. The predicted octanol–water partition coefficient (Wildman–Crippen LogP) is 9.95. The van der Waals surface area contributed by atoms with E-state index in [1.807, 2.05) is 48.5 Å². The van der Waals surface area contributed by atoms with Crippen LogP contribution < -0.4 is 0 Å². The Kier molecular flexibility index (Phi) is 2.86. The van der Waals surface area contributed by atoms with Gasteiger partial charge in [0.1, 0.15) is 0 Å². The molecule has 0 aliphatic rings. The van der Waals surface area contributed by atoms with Crippen LogP contribution in [-0.4, -0.2) is 0 Å². The van der Waals surface area contributed by atoms with E-state index in [4.69, 9.17) is 23.2 Å². The van der Waals surface area contributed by atoms with Gasteiger partial charge in [-0.15, -0.1) is 0 Å². The van der Waals surface area contributed by atoms with E-state index in [0.29, 0.717) is 0 Å². The maximum atomic E-state index is 5.46. The molecule has 2 aromatic rings. The third-order valence-electron chi connectivity index (χ3n) is 1.24. The van der Waals surface area contributed by atoms with Crippen molar-refractivity contribution in [3.8, 4) is 0 Å². The predicted molar refractivity (Wildman–Crippen MR) is 113 cm³/mol. The van der Waals surface area contributed by atoms with Gasteiger partial charge in [-0.25, -0.2) is 24.3 Å². The minimum atomic E-state index is -4.43. The first-order chi connectivity index (χ1) is 8.95. The molecule has 2 rings (SSSR count). The average molecular weight is 441 g/mol. The van der Waals surface area contributed by atoms with E-state index >= 15 is 0 Å². The summed E-state index contributed by atoms with van der Waals surface area (Å²) in [5.74, 6) is 0. The molecule has 2 aromatic carbocycles. The van der Waals surface area contributed by atoms with Crippen molar-refractivity contribution in [2.45, 2.75) is 46.3 Å². The van der Waals surface area contributed by atoms with E-state index in [2.05, 4.69) is 46.3 Å². The number of rotatable bonds is 0. The van der Waals surface area contributed by atoms with Crippen LogP contribution in [0.25, 0.3) is 0 Å². The van der Waals surface area contributed by atoms with E-state index in [-0.39, 0.29) is 0 Å². The van der Waals surface area contributed by atoms with Crippen LogP contribution in [0.15, 0.2) is 48.5 Å². The molecule has 0 saturated carbocycles. The Morgan fingerprint density at radius 3 is 0.652 bits per heavy atom. The van der Waals surface area contributed by atoms with Crippen LogP contribution in [0.2, 0.25) is 56.4 Å².